The summed E-state index contributed by atoms with van der Waals surface area (Å²) in [5.74, 6) is -1.82. The van der Waals surface area contributed by atoms with Crippen LogP contribution in [0.2, 0.25) is 0 Å². The van der Waals surface area contributed by atoms with E-state index in [2.05, 4.69) is 19.9 Å². The average molecular weight is 421 g/mol. The van der Waals surface area contributed by atoms with Crippen LogP contribution in [0.25, 0.3) is 11.3 Å². The number of halogens is 5. The normalized spacial score (nSPS) is 16.0. The van der Waals surface area contributed by atoms with Gasteiger partial charge in [0.1, 0.15) is 17.2 Å². The standard InChI is InChI=1S/C20H12F5N3O2/c21-16-3-1-2-15(18(16)22)19-26-10-12(27-19)8-14-9-17(28-30-14)11-4-6-13(7-5-11)29-20(23,24)25/h1-7,9-10,12H,8H2. The van der Waals surface area contributed by atoms with Crippen LogP contribution < -0.4 is 4.74 Å². The maximum absolute atomic E-state index is 13.9. The third kappa shape index (κ3) is 4.37. The van der Waals surface area contributed by atoms with E-state index in [1.54, 1.807) is 6.07 Å². The minimum absolute atomic E-state index is 0.0341. The predicted octanol–water partition coefficient (Wildman–Crippen LogP) is 4.96. The third-order valence-corrected chi connectivity index (χ3v) is 4.20. The van der Waals surface area contributed by atoms with E-state index in [1.807, 2.05) is 0 Å². The molecule has 154 valence electrons. The lowest BCUT2D eigenvalue weighted by atomic mass is 10.1. The Balaban J connectivity index is 1.45. The molecule has 0 amide bonds. The first kappa shape index (κ1) is 19.7. The number of alkyl halides is 3. The Bertz CT molecular complexity index is 1120. The first-order valence-corrected chi connectivity index (χ1v) is 8.66. The summed E-state index contributed by atoms with van der Waals surface area (Å²) in [6.45, 7) is 0. The number of hydrogen-bond donors (Lipinski definition) is 0. The Morgan fingerprint density at radius 3 is 2.53 bits per heavy atom. The molecule has 5 nitrogen and oxygen atoms in total. The van der Waals surface area contributed by atoms with Crippen LogP contribution >= 0.6 is 0 Å². The highest BCUT2D eigenvalue weighted by molar-refractivity contribution is 6.07. The van der Waals surface area contributed by atoms with Gasteiger partial charge in [-0.2, -0.15) is 0 Å². The minimum atomic E-state index is -4.76. The van der Waals surface area contributed by atoms with E-state index >= 15 is 0 Å². The van der Waals surface area contributed by atoms with E-state index in [4.69, 9.17) is 4.52 Å². The fourth-order valence-electron chi connectivity index (χ4n) is 2.87. The molecule has 1 aromatic heterocycles. The van der Waals surface area contributed by atoms with Crippen molar-refractivity contribution in [1.29, 1.82) is 0 Å². The van der Waals surface area contributed by atoms with E-state index in [1.165, 1.54) is 42.6 Å². The van der Waals surface area contributed by atoms with E-state index in [-0.39, 0.29) is 23.6 Å². The molecule has 10 heteroatoms. The summed E-state index contributed by atoms with van der Waals surface area (Å²) in [7, 11) is 0. The molecule has 2 heterocycles. The second kappa shape index (κ2) is 7.69. The number of ether oxygens (including phenoxy) is 1. The molecular weight excluding hydrogens is 409 g/mol. The van der Waals surface area contributed by atoms with Gasteiger partial charge in [0.25, 0.3) is 0 Å². The molecule has 1 atom stereocenters. The van der Waals surface area contributed by atoms with E-state index in [0.29, 0.717) is 17.0 Å². The van der Waals surface area contributed by atoms with Crippen molar-refractivity contribution in [1.82, 2.24) is 5.16 Å². The molecule has 1 aliphatic rings. The van der Waals surface area contributed by atoms with Gasteiger partial charge >= 0.3 is 6.36 Å². The van der Waals surface area contributed by atoms with Crippen LogP contribution in [0.3, 0.4) is 0 Å². The number of amidine groups is 1. The quantitative estimate of drug-likeness (QED) is 0.547. The topological polar surface area (TPSA) is 60.0 Å². The molecule has 0 saturated heterocycles. The highest BCUT2D eigenvalue weighted by atomic mass is 19.4. The fraction of sp³-hybridized carbons (Fsp3) is 0.150. The molecule has 1 unspecified atom stereocenters. The Morgan fingerprint density at radius 1 is 1.03 bits per heavy atom. The molecule has 4 rings (SSSR count). The van der Waals surface area contributed by atoms with E-state index < -0.39 is 24.0 Å². The van der Waals surface area contributed by atoms with Crippen LogP contribution in [-0.2, 0) is 6.42 Å². The molecule has 0 saturated carbocycles. The van der Waals surface area contributed by atoms with Gasteiger partial charge in [-0.1, -0.05) is 11.2 Å². The molecule has 0 aliphatic carbocycles. The molecule has 30 heavy (non-hydrogen) atoms. The van der Waals surface area contributed by atoms with Crippen LogP contribution in [0, 0.1) is 11.6 Å². The Hall–Kier alpha value is -3.56. The summed E-state index contributed by atoms with van der Waals surface area (Å²) in [5.41, 5.74) is 0.915. The summed E-state index contributed by atoms with van der Waals surface area (Å²) in [4.78, 5) is 8.30. The maximum atomic E-state index is 13.9. The van der Waals surface area contributed by atoms with Crippen molar-refractivity contribution >= 4 is 12.1 Å². The summed E-state index contributed by atoms with van der Waals surface area (Å²) in [6, 6.07) is 10.1. The monoisotopic (exact) mass is 421 g/mol. The van der Waals surface area contributed by atoms with Crippen LogP contribution in [0.4, 0.5) is 22.0 Å². The summed E-state index contributed by atoms with van der Waals surface area (Å²) >= 11 is 0. The molecular formula is C20H12F5N3O2. The highest BCUT2D eigenvalue weighted by Gasteiger charge is 2.31. The predicted molar refractivity (Wildman–Crippen MR) is 97.5 cm³/mol. The molecule has 0 fully saturated rings. The van der Waals surface area contributed by atoms with Crippen LogP contribution in [0.15, 0.2) is 63.0 Å². The van der Waals surface area contributed by atoms with Crippen molar-refractivity contribution in [2.24, 2.45) is 9.98 Å². The lowest BCUT2D eigenvalue weighted by Gasteiger charge is -2.08. The zero-order chi connectivity index (χ0) is 21.3. The SMILES string of the molecule is Fc1cccc(C2=NC(Cc3cc(-c4ccc(OC(F)(F)F)cc4)no3)C=N2)c1F. The van der Waals surface area contributed by atoms with Gasteiger partial charge < -0.3 is 9.26 Å². The second-order valence-corrected chi connectivity index (χ2v) is 6.35. The molecule has 0 spiro atoms. The van der Waals surface area contributed by atoms with Crippen molar-refractivity contribution in [2.45, 2.75) is 18.8 Å². The number of benzene rings is 2. The van der Waals surface area contributed by atoms with Crippen LogP contribution in [0.5, 0.6) is 5.75 Å². The summed E-state index contributed by atoms with van der Waals surface area (Å²) in [6.07, 6.45) is -3.00. The fourth-order valence-corrected chi connectivity index (χ4v) is 2.87. The number of nitrogens with zero attached hydrogens (tertiary/aromatic N) is 3. The van der Waals surface area contributed by atoms with Crippen LogP contribution in [-0.4, -0.2) is 29.6 Å². The van der Waals surface area contributed by atoms with Crippen LogP contribution in [0.1, 0.15) is 11.3 Å². The molecule has 0 bridgehead atoms. The highest BCUT2D eigenvalue weighted by Crippen LogP contribution is 2.27. The molecule has 2 aromatic carbocycles. The van der Waals surface area contributed by atoms with Crippen molar-refractivity contribution in [3.8, 4) is 17.0 Å². The van der Waals surface area contributed by atoms with Crippen molar-refractivity contribution in [3.05, 3.63) is 71.5 Å². The lowest BCUT2D eigenvalue weighted by Crippen LogP contribution is -2.16. The van der Waals surface area contributed by atoms with Gasteiger partial charge in [-0.15, -0.1) is 13.2 Å². The van der Waals surface area contributed by atoms with Gasteiger partial charge in [-0.25, -0.2) is 13.8 Å². The summed E-state index contributed by atoms with van der Waals surface area (Å²) in [5, 5.41) is 3.90. The zero-order valence-electron chi connectivity index (χ0n) is 15.0. The largest absolute Gasteiger partial charge is 0.573 e. The van der Waals surface area contributed by atoms with Crippen molar-refractivity contribution < 1.29 is 31.2 Å². The average Bonchev–Trinajstić information content (AvgIpc) is 3.34. The van der Waals surface area contributed by atoms with Crippen molar-refractivity contribution in [2.75, 3.05) is 0 Å². The maximum Gasteiger partial charge on any atom is 0.573 e. The molecule has 1 aliphatic heterocycles. The Morgan fingerprint density at radius 2 is 1.80 bits per heavy atom. The first-order valence-electron chi connectivity index (χ1n) is 8.66. The molecule has 3 aromatic rings. The van der Waals surface area contributed by atoms with Gasteiger partial charge in [0, 0.05) is 24.3 Å². The van der Waals surface area contributed by atoms with E-state index in [0.717, 1.165) is 6.07 Å². The number of aliphatic imine (C=N–C) groups is 2. The second-order valence-electron chi connectivity index (χ2n) is 6.35. The summed E-state index contributed by atoms with van der Waals surface area (Å²) < 4.78 is 73.0. The zero-order valence-corrected chi connectivity index (χ0v) is 15.0. The lowest BCUT2D eigenvalue weighted by molar-refractivity contribution is -0.274. The van der Waals surface area contributed by atoms with Gasteiger partial charge in [0.2, 0.25) is 0 Å². The smallest absolute Gasteiger partial charge is 0.406 e. The third-order valence-electron chi connectivity index (χ3n) is 4.20. The van der Waals surface area contributed by atoms with Gasteiger partial charge in [-0.3, -0.25) is 4.99 Å². The number of aromatic nitrogens is 1. The van der Waals surface area contributed by atoms with Gasteiger partial charge in [-0.05, 0) is 36.4 Å². The number of rotatable bonds is 5. The van der Waals surface area contributed by atoms with Gasteiger partial charge in [0.15, 0.2) is 17.5 Å². The first-order chi connectivity index (χ1) is 14.3. The van der Waals surface area contributed by atoms with E-state index in [9.17, 15) is 22.0 Å². The number of hydrogen-bond acceptors (Lipinski definition) is 5. The van der Waals surface area contributed by atoms with Crippen molar-refractivity contribution in [3.63, 3.8) is 0 Å². The molecule has 0 N–H and O–H groups in total. The van der Waals surface area contributed by atoms with Gasteiger partial charge in [0.05, 0.1) is 11.6 Å². The molecule has 0 radical (unpaired) electrons. The Labute approximate surface area is 166 Å². The minimum Gasteiger partial charge on any atom is -0.406 e. The Kier molecular flexibility index (Phi) is 5.06.